The normalized spacial score (nSPS) is 30.1. The first-order valence-electron chi connectivity index (χ1n) is 9.88. The van der Waals surface area contributed by atoms with E-state index in [-0.39, 0.29) is 23.3 Å². The second-order valence-electron chi connectivity index (χ2n) is 7.95. The quantitative estimate of drug-likeness (QED) is 0.648. The molecule has 4 nitrogen and oxygen atoms in total. The Hall–Kier alpha value is -1.24. The van der Waals surface area contributed by atoms with Gasteiger partial charge in [-0.1, -0.05) is 35.1 Å². The topological polar surface area (TPSA) is 48.3 Å². The van der Waals surface area contributed by atoms with Gasteiger partial charge in [-0.2, -0.15) is 0 Å². The van der Waals surface area contributed by atoms with Crippen LogP contribution >= 0.6 is 34.7 Å². The first-order chi connectivity index (χ1) is 13.6. The van der Waals surface area contributed by atoms with E-state index < -0.39 is 0 Å². The minimum absolute atomic E-state index is 0.00429. The molecular weight excluding hydrogens is 414 g/mol. The van der Waals surface area contributed by atoms with Gasteiger partial charge in [0.2, 0.25) is 0 Å². The summed E-state index contributed by atoms with van der Waals surface area (Å²) in [6.45, 7) is 2.12. The molecule has 28 heavy (non-hydrogen) atoms. The van der Waals surface area contributed by atoms with Crippen LogP contribution < -0.4 is 4.87 Å². The van der Waals surface area contributed by atoms with Gasteiger partial charge in [-0.15, -0.1) is 11.8 Å². The molecule has 0 radical (unpaired) electrons. The number of thiazole rings is 1. The van der Waals surface area contributed by atoms with Crippen molar-refractivity contribution in [2.45, 2.75) is 48.9 Å². The van der Waals surface area contributed by atoms with Gasteiger partial charge in [0.15, 0.2) is 0 Å². The van der Waals surface area contributed by atoms with Crippen molar-refractivity contribution in [3.63, 3.8) is 0 Å². The highest BCUT2D eigenvalue weighted by atomic mass is 35.5. The number of fused-ring (bicyclic) bond motifs is 6. The monoisotopic (exact) mass is 435 g/mol. The average molecular weight is 436 g/mol. The van der Waals surface area contributed by atoms with E-state index in [0.717, 1.165) is 20.8 Å². The lowest BCUT2D eigenvalue weighted by molar-refractivity contribution is -0.144. The van der Waals surface area contributed by atoms with Gasteiger partial charge in [0.25, 0.3) is 0 Å². The Morgan fingerprint density at radius 2 is 2.00 bits per heavy atom. The zero-order chi connectivity index (χ0) is 19.4. The van der Waals surface area contributed by atoms with Crippen LogP contribution in [0.1, 0.15) is 42.5 Å². The number of esters is 1. The molecule has 1 aliphatic heterocycles. The molecule has 2 saturated carbocycles. The highest BCUT2D eigenvalue weighted by molar-refractivity contribution is 8.00. The number of rotatable bonds is 4. The van der Waals surface area contributed by atoms with Gasteiger partial charge in [-0.25, -0.2) is 0 Å². The van der Waals surface area contributed by atoms with Crippen LogP contribution in [0, 0.1) is 17.8 Å². The number of nitrogens with zero attached hydrogens (tertiary/aromatic N) is 1. The molecule has 0 spiro atoms. The number of hydrogen-bond acceptors (Lipinski definition) is 5. The Kier molecular flexibility index (Phi) is 4.84. The fourth-order valence-corrected chi connectivity index (χ4v) is 8.74. The molecule has 1 aromatic carbocycles. The Morgan fingerprint density at radius 3 is 2.75 bits per heavy atom. The molecule has 0 amide bonds. The van der Waals surface area contributed by atoms with E-state index in [4.69, 9.17) is 16.3 Å². The van der Waals surface area contributed by atoms with E-state index in [1.165, 1.54) is 36.2 Å². The molecule has 0 saturated heterocycles. The molecule has 2 fully saturated rings. The summed E-state index contributed by atoms with van der Waals surface area (Å²) in [5.74, 6) is 1.88. The summed E-state index contributed by atoms with van der Waals surface area (Å²) in [4.78, 5) is 26.0. The minimum atomic E-state index is -0.344. The molecule has 1 aromatic heterocycles. The van der Waals surface area contributed by atoms with Crippen molar-refractivity contribution in [1.82, 2.24) is 4.57 Å². The molecule has 7 heteroatoms. The van der Waals surface area contributed by atoms with Crippen LogP contribution in [0.25, 0.3) is 0 Å². The van der Waals surface area contributed by atoms with Crippen LogP contribution in [0.5, 0.6) is 0 Å². The lowest BCUT2D eigenvalue weighted by Crippen LogP contribution is -2.34. The van der Waals surface area contributed by atoms with Crippen LogP contribution in [0.2, 0.25) is 5.02 Å². The highest BCUT2D eigenvalue weighted by Crippen LogP contribution is 2.64. The summed E-state index contributed by atoms with van der Waals surface area (Å²) < 4.78 is 6.75. The van der Waals surface area contributed by atoms with Gasteiger partial charge in [0.1, 0.15) is 6.54 Å². The number of hydrogen-bond donors (Lipinski definition) is 0. The van der Waals surface area contributed by atoms with Crippen LogP contribution in [-0.2, 0) is 16.1 Å². The smallest absolute Gasteiger partial charge is 0.326 e. The summed E-state index contributed by atoms with van der Waals surface area (Å²) >= 11 is 9.28. The molecular formula is C21H22ClNO3S2. The van der Waals surface area contributed by atoms with Gasteiger partial charge in [0.05, 0.1) is 11.6 Å². The van der Waals surface area contributed by atoms with E-state index in [9.17, 15) is 9.59 Å². The maximum atomic E-state index is 12.8. The van der Waals surface area contributed by atoms with Crippen LogP contribution in [0.3, 0.4) is 0 Å². The van der Waals surface area contributed by atoms with Gasteiger partial charge < -0.3 is 4.74 Å². The second kappa shape index (κ2) is 7.22. The minimum Gasteiger partial charge on any atom is -0.465 e. The Balaban J connectivity index is 1.61. The fraction of sp³-hybridized carbons (Fsp3) is 0.524. The third-order valence-electron chi connectivity index (χ3n) is 6.51. The average Bonchev–Trinajstić information content (AvgIpc) is 3.36. The van der Waals surface area contributed by atoms with Crippen molar-refractivity contribution in [2.75, 3.05) is 6.61 Å². The molecule has 148 valence electrons. The van der Waals surface area contributed by atoms with Crippen molar-refractivity contribution in [3.05, 3.63) is 49.4 Å². The maximum Gasteiger partial charge on any atom is 0.326 e. The second-order valence-corrected chi connectivity index (χ2v) is 10.5. The molecule has 3 aliphatic rings. The predicted molar refractivity (Wildman–Crippen MR) is 112 cm³/mol. The fourth-order valence-electron chi connectivity index (χ4n) is 5.47. The summed E-state index contributed by atoms with van der Waals surface area (Å²) in [5.41, 5.74) is 1.23. The summed E-state index contributed by atoms with van der Waals surface area (Å²) in [7, 11) is 0. The molecule has 5 rings (SSSR count). The van der Waals surface area contributed by atoms with Crippen molar-refractivity contribution >= 4 is 40.7 Å². The van der Waals surface area contributed by atoms with E-state index in [1.54, 1.807) is 11.5 Å². The molecule has 0 N–H and O–H groups in total. The summed E-state index contributed by atoms with van der Waals surface area (Å²) in [6.07, 6.45) is 3.88. The van der Waals surface area contributed by atoms with Gasteiger partial charge in [-0.05, 0) is 61.6 Å². The maximum absolute atomic E-state index is 12.8. The van der Waals surface area contributed by atoms with Crippen molar-refractivity contribution in [2.24, 2.45) is 17.8 Å². The Bertz CT molecular complexity index is 967. The van der Waals surface area contributed by atoms with Gasteiger partial charge in [0, 0.05) is 21.1 Å². The number of ether oxygens (including phenoxy) is 1. The van der Waals surface area contributed by atoms with E-state index >= 15 is 0 Å². The standard InChI is InChI=1S/C21H22ClNO3S2/c1-2-26-15(24)10-23-20-19(28-21(23)25)16(11-5-7-14(22)8-6-11)17-12-3-4-13(9-12)18(17)27-20/h5-8,12-13,16-18H,2-4,9-10H2,1H3/t12-,13+,16-,17+,18+/m0/s1. The van der Waals surface area contributed by atoms with E-state index in [0.29, 0.717) is 23.7 Å². The first kappa shape index (κ1) is 18.8. The number of carbonyl (C=O) groups is 1. The summed E-state index contributed by atoms with van der Waals surface area (Å²) in [6, 6.07) is 8.10. The van der Waals surface area contributed by atoms with Crippen molar-refractivity contribution in [1.29, 1.82) is 0 Å². The number of aromatic nitrogens is 1. The van der Waals surface area contributed by atoms with E-state index in [1.807, 2.05) is 23.9 Å². The first-order valence-corrected chi connectivity index (χ1v) is 12.0. The Labute approximate surface area is 177 Å². The molecule has 2 heterocycles. The van der Waals surface area contributed by atoms with Crippen LogP contribution in [0.4, 0.5) is 0 Å². The highest BCUT2D eigenvalue weighted by Gasteiger charge is 2.55. The number of halogens is 1. The van der Waals surface area contributed by atoms with E-state index in [2.05, 4.69) is 12.1 Å². The predicted octanol–water partition coefficient (Wildman–Crippen LogP) is 4.78. The molecule has 5 atom stereocenters. The van der Waals surface area contributed by atoms with Crippen LogP contribution in [-0.4, -0.2) is 22.4 Å². The largest absolute Gasteiger partial charge is 0.465 e. The SMILES string of the molecule is CCOC(=O)Cn1c2c(sc1=O)[C@@H](c1ccc(Cl)cc1)[C@H]1[C@H]3CC[C@H](C3)[C@H]1S2. The lowest BCUT2D eigenvalue weighted by atomic mass is 9.75. The Morgan fingerprint density at radius 1 is 1.25 bits per heavy atom. The van der Waals surface area contributed by atoms with Crippen molar-refractivity contribution < 1.29 is 9.53 Å². The molecule has 2 aliphatic carbocycles. The number of carbonyl (C=O) groups excluding carboxylic acids is 1. The van der Waals surface area contributed by atoms with Gasteiger partial charge >= 0.3 is 10.8 Å². The third-order valence-corrected chi connectivity index (χ3v) is 9.59. The lowest BCUT2D eigenvalue weighted by Gasteiger charge is -2.40. The van der Waals surface area contributed by atoms with Crippen LogP contribution in [0.15, 0.2) is 34.1 Å². The zero-order valence-corrected chi connectivity index (χ0v) is 18.0. The van der Waals surface area contributed by atoms with Crippen molar-refractivity contribution in [3.8, 4) is 0 Å². The summed E-state index contributed by atoms with van der Waals surface area (Å²) in [5, 5.41) is 2.23. The molecule has 2 bridgehead atoms. The van der Waals surface area contributed by atoms with Gasteiger partial charge in [-0.3, -0.25) is 14.2 Å². The molecule has 2 aromatic rings. The third kappa shape index (κ3) is 2.96. The molecule has 0 unspecified atom stereocenters. The number of thioether (sulfide) groups is 1. The zero-order valence-electron chi connectivity index (χ0n) is 15.6. The number of benzene rings is 1.